The minimum Gasteiger partial charge on any atom is -0.497 e. The fraction of sp³-hybridized carbons (Fsp3) is 0.364. The van der Waals surface area contributed by atoms with Crippen LogP contribution in [0.2, 0.25) is 0 Å². The second kappa shape index (κ2) is 4.79. The smallest absolute Gasteiger partial charge is 0.325 e. The topological polar surface area (TPSA) is 49.8 Å². The van der Waals surface area contributed by atoms with Crippen LogP contribution >= 0.6 is 0 Å². The summed E-state index contributed by atoms with van der Waals surface area (Å²) < 4.78 is 5.01. The molecule has 0 radical (unpaired) electrons. The first-order valence-electron chi connectivity index (χ1n) is 4.59. The molecule has 0 aliphatic carbocycles. The lowest BCUT2D eigenvalue weighted by Crippen LogP contribution is -2.27. The fourth-order valence-electron chi connectivity index (χ4n) is 1.45. The molecule has 0 fully saturated rings. The van der Waals surface area contributed by atoms with E-state index in [4.69, 9.17) is 9.84 Å². The number of nitrogens with zero attached hydrogens (tertiary/aromatic N) is 1. The van der Waals surface area contributed by atoms with Crippen LogP contribution in [0.15, 0.2) is 24.3 Å². The molecule has 0 spiro atoms. The molecule has 1 aromatic rings. The minimum atomic E-state index is -0.856. The van der Waals surface area contributed by atoms with E-state index in [-0.39, 0.29) is 0 Å². The van der Waals surface area contributed by atoms with Gasteiger partial charge in [0.2, 0.25) is 0 Å². The number of hydrogen-bond donors (Lipinski definition) is 1. The van der Waals surface area contributed by atoms with Gasteiger partial charge in [-0.3, -0.25) is 9.69 Å². The van der Waals surface area contributed by atoms with Gasteiger partial charge in [-0.2, -0.15) is 0 Å². The fourth-order valence-corrected chi connectivity index (χ4v) is 1.45. The molecule has 0 saturated carbocycles. The summed E-state index contributed by atoms with van der Waals surface area (Å²) in [5.41, 5.74) is 0.744. The summed E-state index contributed by atoms with van der Waals surface area (Å²) in [5.74, 6) is -0.133. The van der Waals surface area contributed by atoms with Crippen LogP contribution in [0.5, 0.6) is 5.75 Å². The quantitative estimate of drug-likeness (QED) is 0.814. The molecule has 82 valence electrons. The molecule has 1 unspecified atom stereocenters. The summed E-state index contributed by atoms with van der Waals surface area (Å²) in [6.07, 6.45) is 0. The Labute approximate surface area is 89.1 Å². The molecule has 4 heteroatoms. The van der Waals surface area contributed by atoms with Gasteiger partial charge in [-0.1, -0.05) is 12.1 Å². The Morgan fingerprint density at radius 3 is 2.20 bits per heavy atom. The van der Waals surface area contributed by atoms with Crippen LogP contribution in [-0.2, 0) is 4.79 Å². The van der Waals surface area contributed by atoms with Gasteiger partial charge in [0.15, 0.2) is 0 Å². The third-order valence-corrected chi connectivity index (χ3v) is 2.18. The summed E-state index contributed by atoms with van der Waals surface area (Å²) in [4.78, 5) is 12.7. The molecule has 1 N–H and O–H groups in total. The minimum absolute atomic E-state index is 0.615. The van der Waals surface area contributed by atoms with Gasteiger partial charge in [-0.25, -0.2) is 0 Å². The standard InChI is InChI=1S/C11H15NO3/c1-12(2)10(11(13)14)8-4-6-9(15-3)7-5-8/h4-7,10H,1-3H3,(H,13,14). The van der Waals surface area contributed by atoms with E-state index in [1.165, 1.54) is 0 Å². The van der Waals surface area contributed by atoms with Gasteiger partial charge in [0.05, 0.1) is 7.11 Å². The molecule has 4 nitrogen and oxygen atoms in total. The van der Waals surface area contributed by atoms with Gasteiger partial charge >= 0.3 is 5.97 Å². The molecule has 1 rings (SSSR count). The Balaban J connectivity index is 2.97. The molecule has 0 amide bonds. The number of carbonyl (C=O) groups is 1. The lowest BCUT2D eigenvalue weighted by molar-refractivity contribution is -0.142. The monoisotopic (exact) mass is 209 g/mol. The second-order valence-electron chi connectivity index (χ2n) is 3.48. The second-order valence-corrected chi connectivity index (χ2v) is 3.48. The highest BCUT2D eigenvalue weighted by Crippen LogP contribution is 2.21. The maximum Gasteiger partial charge on any atom is 0.325 e. The molecule has 0 aromatic heterocycles. The SMILES string of the molecule is COc1ccc(C(C(=O)O)N(C)C)cc1. The van der Waals surface area contributed by atoms with Crippen LogP contribution in [0.3, 0.4) is 0 Å². The number of carboxylic acids is 1. The van der Waals surface area contributed by atoms with Crippen LogP contribution in [0.25, 0.3) is 0 Å². The zero-order chi connectivity index (χ0) is 11.4. The van der Waals surface area contributed by atoms with Crippen molar-refractivity contribution in [2.45, 2.75) is 6.04 Å². The summed E-state index contributed by atoms with van der Waals surface area (Å²) in [7, 11) is 5.06. The molecule has 0 aliphatic heterocycles. The zero-order valence-electron chi connectivity index (χ0n) is 9.10. The average Bonchev–Trinajstić information content (AvgIpc) is 2.18. The molecule has 0 aliphatic rings. The summed E-state index contributed by atoms with van der Waals surface area (Å²) in [6.45, 7) is 0. The van der Waals surface area contributed by atoms with E-state index < -0.39 is 12.0 Å². The number of carboxylic acid groups (broad SMARTS) is 1. The van der Waals surface area contributed by atoms with Crippen molar-refractivity contribution in [1.82, 2.24) is 4.90 Å². The van der Waals surface area contributed by atoms with E-state index in [9.17, 15) is 4.79 Å². The van der Waals surface area contributed by atoms with Crippen molar-refractivity contribution in [2.24, 2.45) is 0 Å². The summed E-state index contributed by atoms with van der Waals surface area (Å²) in [5, 5.41) is 9.05. The first-order valence-corrected chi connectivity index (χ1v) is 4.59. The van der Waals surface area contributed by atoms with Crippen LogP contribution < -0.4 is 4.74 Å². The van der Waals surface area contributed by atoms with Gasteiger partial charge in [0.25, 0.3) is 0 Å². The average molecular weight is 209 g/mol. The summed E-state index contributed by atoms with van der Waals surface area (Å²) in [6, 6.07) is 6.43. The Kier molecular flexibility index (Phi) is 3.68. The van der Waals surface area contributed by atoms with Crippen molar-refractivity contribution >= 4 is 5.97 Å². The predicted molar refractivity (Wildman–Crippen MR) is 57.1 cm³/mol. The summed E-state index contributed by atoms with van der Waals surface area (Å²) >= 11 is 0. The van der Waals surface area contributed by atoms with Gasteiger partial charge in [0.1, 0.15) is 11.8 Å². The lowest BCUT2D eigenvalue weighted by Gasteiger charge is -2.20. The Morgan fingerprint density at radius 1 is 1.33 bits per heavy atom. The number of methoxy groups -OCH3 is 1. The molecule has 1 atom stereocenters. The number of benzene rings is 1. The number of likely N-dealkylation sites (N-methyl/N-ethyl adjacent to an activating group) is 1. The molecular weight excluding hydrogens is 194 g/mol. The Hall–Kier alpha value is -1.55. The number of rotatable bonds is 4. The maximum atomic E-state index is 11.0. The number of aliphatic carboxylic acids is 1. The zero-order valence-corrected chi connectivity index (χ0v) is 9.10. The van der Waals surface area contributed by atoms with E-state index >= 15 is 0 Å². The first kappa shape index (κ1) is 11.5. The lowest BCUT2D eigenvalue weighted by atomic mass is 10.1. The Bertz CT molecular complexity index is 332. The third-order valence-electron chi connectivity index (χ3n) is 2.18. The van der Waals surface area contributed by atoms with E-state index in [0.717, 1.165) is 11.3 Å². The van der Waals surface area contributed by atoms with Crippen molar-refractivity contribution in [3.8, 4) is 5.75 Å². The number of hydrogen-bond acceptors (Lipinski definition) is 3. The molecule has 0 bridgehead atoms. The molecule has 0 heterocycles. The Morgan fingerprint density at radius 2 is 1.87 bits per heavy atom. The van der Waals surface area contributed by atoms with Crippen molar-refractivity contribution < 1.29 is 14.6 Å². The van der Waals surface area contributed by atoms with Crippen LogP contribution in [0, 0.1) is 0 Å². The molecular formula is C11H15NO3. The van der Waals surface area contributed by atoms with Crippen molar-refractivity contribution in [3.63, 3.8) is 0 Å². The predicted octanol–water partition coefficient (Wildman–Crippen LogP) is 1.38. The number of ether oxygens (including phenoxy) is 1. The highest BCUT2D eigenvalue weighted by atomic mass is 16.5. The molecule has 15 heavy (non-hydrogen) atoms. The van der Waals surface area contributed by atoms with E-state index in [2.05, 4.69) is 0 Å². The largest absolute Gasteiger partial charge is 0.497 e. The normalized spacial score (nSPS) is 12.5. The van der Waals surface area contributed by atoms with Crippen LogP contribution in [0.4, 0.5) is 0 Å². The van der Waals surface area contributed by atoms with Gasteiger partial charge in [-0.15, -0.1) is 0 Å². The van der Waals surface area contributed by atoms with Crippen LogP contribution in [0.1, 0.15) is 11.6 Å². The first-order chi connectivity index (χ1) is 7.06. The molecule has 0 saturated heterocycles. The van der Waals surface area contributed by atoms with Crippen molar-refractivity contribution in [2.75, 3.05) is 21.2 Å². The van der Waals surface area contributed by atoms with Crippen LogP contribution in [-0.4, -0.2) is 37.2 Å². The maximum absolute atomic E-state index is 11.0. The highest BCUT2D eigenvalue weighted by molar-refractivity contribution is 5.75. The highest BCUT2D eigenvalue weighted by Gasteiger charge is 2.21. The van der Waals surface area contributed by atoms with E-state index in [1.807, 2.05) is 0 Å². The van der Waals surface area contributed by atoms with E-state index in [0.29, 0.717) is 0 Å². The van der Waals surface area contributed by atoms with Gasteiger partial charge < -0.3 is 9.84 Å². The molecule has 1 aromatic carbocycles. The van der Waals surface area contributed by atoms with Gasteiger partial charge in [-0.05, 0) is 31.8 Å². The third kappa shape index (κ3) is 2.70. The van der Waals surface area contributed by atoms with E-state index in [1.54, 1.807) is 50.4 Å². The van der Waals surface area contributed by atoms with Crippen molar-refractivity contribution in [1.29, 1.82) is 0 Å². The van der Waals surface area contributed by atoms with Crippen molar-refractivity contribution in [3.05, 3.63) is 29.8 Å². The van der Waals surface area contributed by atoms with Gasteiger partial charge in [0, 0.05) is 0 Å².